The molecule has 274 valence electrons. The first kappa shape index (κ1) is 36.0. The fourth-order valence-electron chi connectivity index (χ4n) is 6.53. The molecule has 0 spiro atoms. The van der Waals surface area contributed by atoms with Crippen LogP contribution in [-0.2, 0) is 35.6 Å². The number of hydrogen-bond donors (Lipinski definition) is 4. The molecule has 4 heterocycles. The van der Waals surface area contributed by atoms with E-state index in [1.807, 2.05) is 91.0 Å². The summed E-state index contributed by atoms with van der Waals surface area (Å²) >= 11 is 1.23. The summed E-state index contributed by atoms with van der Waals surface area (Å²) in [4.78, 5) is 65.0. The number of oxime groups is 1. The quantitative estimate of drug-likeness (QED) is 0.0598. The van der Waals surface area contributed by atoms with Crippen LogP contribution in [0.1, 0.15) is 22.4 Å². The van der Waals surface area contributed by atoms with Crippen LogP contribution in [0.25, 0.3) is 0 Å². The summed E-state index contributed by atoms with van der Waals surface area (Å²) in [6, 6.07) is 29.6. The Morgan fingerprint density at radius 1 is 1.00 bits per heavy atom. The van der Waals surface area contributed by atoms with Gasteiger partial charge in [-0.05, 0) is 16.7 Å². The number of carboxylic acids is 1. The predicted octanol–water partition coefficient (Wildman–Crippen LogP) is 3.42. The zero-order chi connectivity index (χ0) is 37.8. The van der Waals surface area contributed by atoms with Crippen LogP contribution in [0.4, 0.5) is 5.13 Å². The van der Waals surface area contributed by atoms with Crippen LogP contribution in [0.3, 0.4) is 0 Å². The fourth-order valence-corrected chi connectivity index (χ4v) is 8.95. The van der Waals surface area contributed by atoms with Gasteiger partial charge in [0.05, 0.1) is 16.6 Å². The van der Waals surface area contributed by atoms with Gasteiger partial charge in [0.15, 0.2) is 16.6 Å². The number of aliphatic carboxylic acids is 1. The molecule has 0 saturated carbocycles. The van der Waals surface area contributed by atoms with E-state index in [2.05, 4.69) is 20.8 Å². The predicted molar refractivity (Wildman–Crippen MR) is 201 cm³/mol. The van der Waals surface area contributed by atoms with E-state index in [4.69, 9.17) is 14.6 Å². The van der Waals surface area contributed by atoms with Crippen molar-refractivity contribution in [1.29, 1.82) is 0 Å². The van der Waals surface area contributed by atoms with E-state index < -0.39 is 56.7 Å². The smallest absolute Gasteiger partial charge is 0.352 e. The second kappa shape index (κ2) is 15.3. The summed E-state index contributed by atoms with van der Waals surface area (Å²) in [5, 5.41) is 21.1. The van der Waals surface area contributed by atoms with Gasteiger partial charge in [0.25, 0.3) is 11.8 Å². The number of fused-ring (bicyclic) bond motifs is 1. The molecule has 14 nitrogen and oxygen atoms in total. The zero-order valence-electron chi connectivity index (χ0n) is 28.5. The highest BCUT2D eigenvalue weighted by Crippen LogP contribution is 2.41. The molecule has 3 atom stereocenters. The number of carboxylic acid groups (broad SMARTS) is 1. The molecule has 2 aromatic heterocycles. The third-order valence-electron chi connectivity index (χ3n) is 8.94. The maximum atomic E-state index is 13.8. The van der Waals surface area contributed by atoms with Crippen LogP contribution >= 0.6 is 11.3 Å². The molecule has 5 aromatic rings. The maximum Gasteiger partial charge on any atom is 0.352 e. The number of ether oxygens (including phenoxy) is 1. The van der Waals surface area contributed by atoms with Crippen molar-refractivity contribution < 1.29 is 33.3 Å². The van der Waals surface area contributed by atoms with E-state index in [9.17, 15) is 28.5 Å². The third-order valence-corrected chi connectivity index (χ3v) is 11.4. The Hall–Kier alpha value is -6.39. The van der Waals surface area contributed by atoms with Crippen LogP contribution in [0.2, 0.25) is 0 Å². The van der Waals surface area contributed by atoms with Gasteiger partial charge in [0.1, 0.15) is 42.1 Å². The molecule has 16 heteroatoms. The number of carbonyl (C=O) groups is 3. The van der Waals surface area contributed by atoms with Crippen LogP contribution in [0, 0.1) is 0 Å². The standard InChI is InChI=1S/C38H32N6O8S2/c1-51-43-30(33(46)41-31-34(47)44-32(36(48)49)23(22-54(50)35(31)44)20-52-29-19-39-18-17-28(29)45)27-21-53-37(40-27)42-38(24-11-5-2-6-12-24,25-13-7-3-8-14-25)26-15-9-4-10-16-26/h2-19,21,31,35H,20,22H2,1H3,(H,39,45)(H,40,42)(H,41,46)(H,48,49)/b43-30-/t31-,35-,54?/m1/s1. The number of nitrogens with one attached hydrogen (secondary N) is 3. The van der Waals surface area contributed by atoms with Gasteiger partial charge < -0.3 is 30.3 Å². The van der Waals surface area contributed by atoms with Crippen molar-refractivity contribution in [1.82, 2.24) is 20.2 Å². The molecule has 1 fully saturated rings. The first-order valence-corrected chi connectivity index (χ1v) is 18.8. The van der Waals surface area contributed by atoms with Crippen molar-refractivity contribution in [3.05, 3.63) is 159 Å². The summed E-state index contributed by atoms with van der Waals surface area (Å²) in [5.74, 6) is -3.41. The lowest BCUT2D eigenvalue weighted by atomic mass is 9.77. The van der Waals surface area contributed by atoms with E-state index in [0.29, 0.717) is 5.13 Å². The summed E-state index contributed by atoms with van der Waals surface area (Å²) in [7, 11) is -0.584. The largest absolute Gasteiger partial charge is 0.483 e. The van der Waals surface area contributed by atoms with E-state index in [1.165, 1.54) is 36.9 Å². The van der Waals surface area contributed by atoms with Gasteiger partial charge in [-0.25, -0.2) is 9.78 Å². The number of pyridine rings is 1. The number of amides is 2. The number of rotatable bonds is 13. The van der Waals surface area contributed by atoms with Crippen LogP contribution < -0.4 is 20.8 Å². The van der Waals surface area contributed by atoms with Gasteiger partial charge in [-0.15, -0.1) is 11.3 Å². The molecular weight excluding hydrogens is 733 g/mol. The zero-order valence-corrected chi connectivity index (χ0v) is 30.1. The normalized spacial score (nSPS) is 18.3. The number of carbonyl (C=O) groups excluding carboxylic acids is 2. The molecule has 2 amide bonds. The monoisotopic (exact) mass is 764 g/mol. The van der Waals surface area contributed by atoms with Gasteiger partial charge in [0, 0.05) is 29.4 Å². The number of aromatic amines is 1. The van der Waals surface area contributed by atoms with Crippen molar-refractivity contribution in [3.8, 4) is 5.75 Å². The molecule has 2 aliphatic heterocycles. The first-order chi connectivity index (χ1) is 26.2. The number of anilines is 1. The van der Waals surface area contributed by atoms with Crippen LogP contribution in [0.5, 0.6) is 5.75 Å². The Morgan fingerprint density at radius 3 is 2.17 bits per heavy atom. The minimum absolute atomic E-state index is 0.0557. The van der Waals surface area contributed by atoms with Crippen molar-refractivity contribution in [2.75, 3.05) is 24.8 Å². The fraction of sp³-hybridized carbons (Fsp3) is 0.158. The van der Waals surface area contributed by atoms with Crippen molar-refractivity contribution in [2.24, 2.45) is 5.16 Å². The molecule has 54 heavy (non-hydrogen) atoms. The lowest BCUT2D eigenvalue weighted by Crippen LogP contribution is -2.74. The van der Waals surface area contributed by atoms with Gasteiger partial charge in [0.2, 0.25) is 5.43 Å². The Morgan fingerprint density at radius 2 is 1.61 bits per heavy atom. The van der Waals surface area contributed by atoms with Gasteiger partial charge in [-0.2, -0.15) is 0 Å². The van der Waals surface area contributed by atoms with Crippen LogP contribution in [0.15, 0.2) is 136 Å². The number of H-pyrrole nitrogens is 1. The average Bonchev–Trinajstić information content (AvgIpc) is 3.66. The number of β-lactam (4-membered cyclic amide) rings is 1. The summed E-state index contributed by atoms with van der Waals surface area (Å²) < 4.78 is 19.0. The Kier molecular flexibility index (Phi) is 10.2. The Balaban J connectivity index is 1.14. The number of benzene rings is 3. The molecule has 4 N–H and O–H groups in total. The lowest BCUT2D eigenvalue weighted by molar-refractivity contribution is -0.150. The highest BCUT2D eigenvalue weighted by Gasteiger charge is 2.57. The SMILES string of the molecule is CO/N=C(\C(=O)N[C@@H]1C(=O)N2C(C(=O)O)=C(COc3c[nH]ccc3=O)CS(=O)[C@H]12)c1csc(NC(c2ccccc2)(c2ccccc2)c2ccccc2)n1. The number of thiazole rings is 1. The Labute approximate surface area is 314 Å². The van der Waals surface area contributed by atoms with Crippen molar-refractivity contribution in [2.45, 2.75) is 17.0 Å². The molecule has 0 radical (unpaired) electrons. The summed E-state index contributed by atoms with van der Waals surface area (Å²) in [6.07, 6.45) is 2.71. The van der Waals surface area contributed by atoms with Crippen LogP contribution in [-0.4, -0.2) is 78.6 Å². The molecule has 0 aliphatic carbocycles. The molecule has 2 aliphatic rings. The second-order valence-corrected chi connectivity index (χ2v) is 14.5. The van der Waals surface area contributed by atoms with Gasteiger partial charge in [-0.1, -0.05) is 96.2 Å². The lowest BCUT2D eigenvalue weighted by Gasteiger charge is -2.48. The molecular formula is C38H32N6O8S2. The van der Waals surface area contributed by atoms with E-state index in [0.717, 1.165) is 21.6 Å². The summed E-state index contributed by atoms with van der Waals surface area (Å²) in [6.45, 7) is -0.390. The average molecular weight is 765 g/mol. The molecule has 3 aromatic carbocycles. The highest BCUT2D eigenvalue weighted by molar-refractivity contribution is 7.86. The number of hydrogen-bond acceptors (Lipinski definition) is 11. The maximum absolute atomic E-state index is 13.8. The second-order valence-electron chi connectivity index (χ2n) is 12.1. The highest BCUT2D eigenvalue weighted by atomic mass is 32.2. The van der Waals surface area contributed by atoms with Gasteiger partial charge in [-0.3, -0.25) is 23.5 Å². The van der Waals surface area contributed by atoms with Crippen molar-refractivity contribution >= 4 is 50.8 Å². The summed E-state index contributed by atoms with van der Waals surface area (Å²) in [5.41, 5.74) is 1.00. The first-order valence-electron chi connectivity index (χ1n) is 16.5. The molecule has 1 saturated heterocycles. The Bertz CT molecular complexity index is 2250. The minimum Gasteiger partial charge on any atom is -0.483 e. The van der Waals surface area contributed by atoms with Crippen molar-refractivity contribution in [3.63, 3.8) is 0 Å². The number of aromatic nitrogens is 2. The molecule has 1 unspecified atom stereocenters. The van der Waals surface area contributed by atoms with E-state index in [1.54, 1.807) is 5.38 Å². The van der Waals surface area contributed by atoms with Gasteiger partial charge >= 0.3 is 5.97 Å². The topological polar surface area (TPSA) is 192 Å². The number of nitrogens with zero attached hydrogens (tertiary/aromatic N) is 3. The van der Waals surface area contributed by atoms with E-state index >= 15 is 0 Å². The molecule has 0 bridgehead atoms. The molecule has 7 rings (SSSR count). The third kappa shape index (κ3) is 6.68. The minimum atomic E-state index is -1.84. The van der Waals surface area contributed by atoms with E-state index in [-0.39, 0.29) is 35.1 Å².